The van der Waals surface area contributed by atoms with Crippen molar-refractivity contribution in [3.63, 3.8) is 0 Å². The second-order valence-electron chi connectivity index (χ2n) is 5.28. The molecule has 0 amide bonds. The van der Waals surface area contributed by atoms with Crippen molar-refractivity contribution in [2.24, 2.45) is 5.41 Å². The summed E-state index contributed by atoms with van der Waals surface area (Å²) in [6.45, 7) is 7.34. The van der Waals surface area contributed by atoms with Crippen LogP contribution in [0.15, 0.2) is 0 Å². The van der Waals surface area contributed by atoms with Gasteiger partial charge in [0.1, 0.15) is 0 Å². The van der Waals surface area contributed by atoms with Gasteiger partial charge in [-0.2, -0.15) is 5.10 Å². The second-order valence-corrected chi connectivity index (χ2v) is 5.28. The number of carbonyl (C=O) groups is 2. The highest BCUT2D eigenvalue weighted by atomic mass is 16.2. The van der Waals surface area contributed by atoms with Crippen molar-refractivity contribution in [3.05, 3.63) is 17.0 Å². The summed E-state index contributed by atoms with van der Waals surface area (Å²) in [4.78, 5) is 23.3. The molecule has 0 N–H and O–H groups in total. The Morgan fingerprint density at radius 1 is 1.38 bits per heavy atom. The fraction of sp³-hybridized carbons (Fsp3) is 0.583. The van der Waals surface area contributed by atoms with Gasteiger partial charge in [0.25, 0.3) is 0 Å². The van der Waals surface area contributed by atoms with E-state index in [-0.39, 0.29) is 17.1 Å². The van der Waals surface area contributed by atoms with Crippen LogP contribution in [-0.4, -0.2) is 21.5 Å². The van der Waals surface area contributed by atoms with Gasteiger partial charge in [0.15, 0.2) is 5.78 Å². The number of hydrogen-bond donors (Lipinski definition) is 0. The molecule has 0 aliphatic heterocycles. The Labute approximate surface area is 94.6 Å². The summed E-state index contributed by atoms with van der Waals surface area (Å²) >= 11 is 0. The van der Waals surface area contributed by atoms with Crippen molar-refractivity contribution in [2.45, 2.75) is 40.5 Å². The molecule has 0 radical (unpaired) electrons. The van der Waals surface area contributed by atoms with Crippen molar-refractivity contribution in [2.75, 3.05) is 0 Å². The third kappa shape index (κ3) is 1.58. The van der Waals surface area contributed by atoms with Crippen LogP contribution in [0.2, 0.25) is 0 Å². The van der Waals surface area contributed by atoms with E-state index in [0.717, 1.165) is 12.1 Å². The van der Waals surface area contributed by atoms with E-state index in [1.165, 1.54) is 11.6 Å². The average molecular weight is 220 g/mol. The number of nitrogens with zero attached hydrogens (tertiary/aromatic N) is 2. The predicted molar refractivity (Wildman–Crippen MR) is 59.7 cm³/mol. The van der Waals surface area contributed by atoms with Crippen molar-refractivity contribution in [1.82, 2.24) is 9.78 Å². The normalized spacial score (nSPS) is 18.4. The van der Waals surface area contributed by atoms with Gasteiger partial charge in [-0.3, -0.25) is 9.59 Å². The van der Waals surface area contributed by atoms with Crippen LogP contribution in [0, 0.1) is 12.3 Å². The molecule has 4 heteroatoms. The monoisotopic (exact) mass is 220 g/mol. The van der Waals surface area contributed by atoms with Crippen molar-refractivity contribution < 1.29 is 9.59 Å². The molecule has 0 atom stereocenters. The van der Waals surface area contributed by atoms with E-state index in [1.807, 2.05) is 0 Å². The Hall–Kier alpha value is -1.45. The summed E-state index contributed by atoms with van der Waals surface area (Å²) in [6, 6.07) is 0. The van der Waals surface area contributed by atoms with E-state index in [2.05, 4.69) is 18.9 Å². The molecule has 0 spiro atoms. The first-order valence-electron chi connectivity index (χ1n) is 5.44. The van der Waals surface area contributed by atoms with E-state index in [9.17, 15) is 9.59 Å². The lowest BCUT2D eigenvalue weighted by Gasteiger charge is -2.27. The van der Waals surface area contributed by atoms with Gasteiger partial charge in [-0.05, 0) is 18.8 Å². The van der Waals surface area contributed by atoms with Crippen LogP contribution >= 0.6 is 0 Å². The van der Waals surface area contributed by atoms with Crippen LogP contribution in [-0.2, 0) is 6.42 Å². The summed E-state index contributed by atoms with van der Waals surface area (Å²) in [7, 11) is 0. The third-order valence-corrected chi connectivity index (χ3v) is 3.05. The number of rotatable bonds is 0. The maximum absolute atomic E-state index is 12.0. The Kier molecular flexibility index (Phi) is 2.26. The minimum absolute atomic E-state index is 0.0491. The molecule has 4 nitrogen and oxygen atoms in total. The van der Waals surface area contributed by atoms with Crippen LogP contribution in [0.25, 0.3) is 0 Å². The molecule has 1 aromatic rings. The zero-order valence-electron chi connectivity index (χ0n) is 10.1. The first-order valence-corrected chi connectivity index (χ1v) is 5.44. The largest absolute Gasteiger partial charge is 0.294 e. The molecule has 86 valence electrons. The van der Waals surface area contributed by atoms with Crippen LogP contribution < -0.4 is 0 Å². The lowest BCUT2D eigenvalue weighted by atomic mass is 9.76. The number of ketones is 1. The highest BCUT2D eigenvalue weighted by molar-refractivity contribution is 6.00. The maximum Gasteiger partial charge on any atom is 0.243 e. The van der Waals surface area contributed by atoms with Gasteiger partial charge in [0, 0.05) is 13.3 Å². The number of Topliss-reactive ketones (excluding diaryl/α,β-unsaturated/α-hetero) is 1. The number of hydrogen-bond acceptors (Lipinski definition) is 3. The quantitative estimate of drug-likeness (QED) is 0.672. The smallest absolute Gasteiger partial charge is 0.243 e. The molecule has 1 aromatic heterocycles. The third-order valence-electron chi connectivity index (χ3n) is 3.05. The summed E-state index contributed by atoms with van der Waals surface area (Å²) in [5, 5.41) is 4.24. The fourth-order valence-electron chi connectivity index (χ4n) is 2.39. The Morgan fingerprint density at radius 2 is 2.00 bits per heavy atom. The lowest BCUT2D eigenvalue weighted by Crippen LogP contribution is -2.26. The molecule has 0 unspecified atom stereocenters. The molecule has 1 aliphatic carbocycles. The molecule has 0 bridgehead atoms. The van der Waals surface area contributed by atoms with Gasteiger partial charge in [0.2, 0.25) is 5.91 Å². The van der Waals surface area contributed by atoms with Gasteiger partial charge >= 0.3 is 0 Å². The zero-order valence-corrected chi connectivity index (χ0v) is 10.1. The maximum atomic E-state index is 12.0. The molecule has 1 aliphatic rings. The van der Waals surface area contributed by atoms with Gasteiger partial charge < -0.3 is 0 Å². The van der Waals surface area contributed by atoms with Crippen molar-refractivity contribution in [1.29, 1.82) is 0 Å². The summed E-state index contributed by atoms with van der Waals surface area (Å²) in [5.74, 6) is -0.0336. The molecule has 0 fully saturated rings. The molecule has 0 saturated carbocycles. The lowest BCUT2D eigenvalue weighted by molar-refractivity contribution is 0.0907. The highest BCUT2D eigenvalue weighted by Crippen LogP contribution is 2.35. The van der Waals surface area contributed by atoms with Gasteiger partial charge in [-0.25, -0.2) is 4.68 Å². The van der Waals surface area contributed by atoms with Crippen LogP contribution in [0.3, 0.4) is 0 Å². The van der Waals surface area contributed by atoms with Gasteiger partial charge in [-0.15, -0.1) is 0 Å². The fourth-order valence-corrected chi connectivity index (χ4v) is 2.39. The summed E-state index contributed by atoms with van der Waals surface area (Å²) < 4.78 is 1.34. The summed E-state index contributed by atoms with van der Waals surface area (Å²) in [6.07, 6.45) is 1.29. The van der Waals surface area contributed by atoms with E-state index in [0.29, 0.717) is 17.7 Å². The minimum Gasteiger partial charge on any atom is -0.294 e. The molecular weight excluding hydrogens is 204 g/mol. The second kappa shape index (κ2) is 3.27. The van der Waals surface area contributed by atoms with Crippen LogP contribution in [0.5, 0.6) is 0 Å². The first kappa shape index (κ1) is 11.0. The topological polar surface area (TPSA) is 52.0 Å². The number of fused-ring (bicyclic) bond motifs is 1. The number of carbonyl (C=O) groups excluding carboxylic acids is 2. The molecule has 2 rings (SSSR count). The van der Waals surface area contributed by atoms with Gasteiger partial charge in [-0.1, -0.05) is 13.8 Å². The molecular formula is C12H16N2O2. The standard InChI is InChI=1S/C12H16N2O2/c1-7-11-9(13-14(7)8(2)15)5-12(3,4)6-10(11)16/h5-6H2,1-4H3. The van der Waals surface area contributed by atoms with E-state index >= 15 is 0 Å². The molecule has 1 heterocycles. The Morgan fingerprint density at radius 3 is 2.56 bits per heavy atom. The number of aromatic nitrogens is 2. The van der Waals surface area contributed by atoms with E-state index in [1.54, 1.807) is 6.92 Å². The van der Waals surface area contributed by atoms with Crippen LogP contribution in [0.4, 0.5) is 0 Å². The van der Waals surface area contributed by atoms with Gasteiger partial charge in [0.05, 0.1) is 17.0 Å². The molecule has 0 saturated heterocycles. The van der Waals surface area contributed by atoms with Crippen LogP contribution in [0.1, 0.15) is 53.7 Å². The zero-order chi connectivity index (χ0) is 12.1. The highest BCUT2D eigenvalue weighted by Gasteiger charge is 2.35. The Balaban J connectivity index is 2.58. The predicted octanol–water partition coefficient (Wildman–Crippen LogP) is 2.01. The molecule has 0 aromatic carbocycles. The average Bonchev–Trinajstić information content (AvgIpc) is 2.40. The minimum atomic E-state index is -0.141. The summed E-state index contributed by atoms with van der Waals surface area (Å²) in [5.41, 5.74) is 2.07. The van der Waals surface area contributed by atoms with E-state index in [4.69, 9.17) is 0 Å². The first-order chi connectivity index (χ1) is 7.32. The van der Waals surface area contributed by atoms with Crippen molar-refractivity contribution in [3.8, 4) is 0 Å². The van der Waals surface area contributed by atoms with E-state index < -0.39 is 0 Å². The SMILES string of the molecule is CC(=O)n1nc2c(c1C)C(=O)CC(C)(C)C2. The molecule has 16 heavy (non-hydrogen) atoms. The Bertz CT molecular complexity index is 483. The van der Waals surface area contributed by atoms with Crippen molar-refractivity contribution >= 4 is 11.7 Å².